The molecule has 0 bridgehead atoms. The van der Waals surface area contributed by atoms with Gasteiger partial charge in [0.25, 0.3) is 5.91 Å². The Labute approximate surface area is 165 Å². The van der Waals surface area contributed by atoms with Gasteiger partial charge in [0.15, 0.2) is 12.4 Å². The van der Waals surface area contributed by atoms with Crippen LogP contribution < -0.4 is 0 Å². The molecule has 0 saturated carbocycles. The smallest absolute Gasteiger partial charge is 0.339 e. The van der Waals surface area contributed by atoms with Gasteiger partial charge in [0.1, 0.15) is 0 Å². The van der Waals surface area contributed by atoms with Crippen molar-refractivity contribution in [3.63, 3.8) is 0 Å². The number of carbonyl (C=O) groups is 3. The van der Waals surface area contributed by atoms with Crippen molar-refractivity contribution in [3.8, 4) is 0 Å². The van der Waals surface area contributed by atoms with E-state index in [4.69, 9.17) is 4.74 Å². The van der Waals surface area contributed by atoms with E-state index in [0.29, 0.717) is 12.1 Å². The second kappa shape index (κ2) is 9.31. The van der Waals surface area contributed by atoms with Crippen LogP contribution in [0.4, 0.5) is 0 Å². The first-order valence-electron chi connectivity index (χ1n) is 9.77. The Morgan fingerprint density at radius 1 is 0.964 bits per heavy atom. The highest BCUT2D eigenvalue weighted by molar-refractivity contribution is 6.14. The van der Waals surface area contributed by atoms with E-state index in [-0.39, 0.29) is 35.5 Å². The number of rotatable bonds is 6. The monoisotopic (exact) mass is 379 g/mol. The SMILES string of the molecule is CCC1CCCCN1C(=O)COC(=O)c1ccccc1C(=O)c1ccccc1. The van der Waals surface area contributed by atoms with Gasteiger partial charge in [0.2, 0.25) is 0 Å². The van der Waals surface area contributed by atoms with Crippen molar-refractivity contribution < 1.29 is 19.1 Å². The van der Waals surface area contributed by atoms with Gasteiger partial charge in [-0.2, -0.15) is 0 Å². The van der Waals surface area contributed by atoms with Crippen LogP contribution in [0.5, 0.6) is 0 Å². The Balaban J connectivity index is 1.70. The van der Waals surface area contributed by atoms with E-state index in [1.54, 1.807) is 48.5 Å². The van der Waals surface area contributed by atoms with Crippen LogP contribution >= 0.6 is 0 Å². The molecule has 3 rings (SSSR count). The van der Waals surface area contributed by atoms with Crippen molar-refractivity contribution in [1.82, 2.24) is 4.90 Å². The molecule has 1 atom stereocenters. The molecule has 1 aliphatic rings. The molecule has 146 valence electrons. The van der Waals surface area contributed by atoms with Gasteiger partial charge in [-0.1, -0.05) is 55.5 Å². The fraction of sp³-hybridized carbons (Fsp3) is 0.348. The summed E-state index contributed by atoms with van der Waals surface area (Å²) in [6.45, 7) is 2.47. The molecule has 2 aromatic carbocycles. The van der Waals surface area contributed by atoms with Gasteiger partial charge < -0.3 is 9.64 Å². The van der Waals surface area contributed by atoms with Crippen LogP contribution in [0.15, 0.2) is 54.6 Å². The lowest BCUT2D eigenvalue weighted by molar-refractivity contribution is -0.138. The third-order valence-corrected chi connectivity index (χ3v) is 5.17. The fourth-order valence-electron chi connectivity index (χ4n) is 3.65. The van der Waals surface area contributed by atoms with Crippen molar-refractivity contribution in [2.45, 2.75) is 38.6 Å². The summed E-state index contributed by atoms with van der Waals surface area (Å²) >= 11 is 0. The zero-order chi connectivity index (χ0) is 19.9. The van der Waals surface area contributed by atoms with E-state index in [1.165, 1.54) is 0 Å². The van der Waals surface area contributed by atoms with Gasteiger partial charge >= 0.3 is 5.97 Å². The number of hydrogen-bond donors (Lipinski definition) is 0. The number of amides is 1. The van der Waals surface area contributed by atoms with Gasteiger partial charge in [-0.3, -0.25) is 9.59 Å². The van der Waals surface area contributed by atoms with Crippen LogP contribution in [-0.4, -0.2) is 41.8 Å². The van der Waals surface area contributed by atoms with Crippen molar-refractivity contribution in [3.05, 3.63) is 71.3 Å². The zero-order valence-electron chi connectivity index (χ0n) is 16.1. The Bertz CT molecular complexity index is 847. The molecule has 1 saturated heterocycles. The number of nitrogens with zero attached hydrogens (tertiary/aromatic N) is 1. The number of piperidine rings is 1. The van der Waals surface area contributed by atoms with Crippen LogP contribution in [0.1, 0.15) is 58.9 Å². The third kappa shape index (κ3) is 4.47. The number of esters is 1. The first-order chi connectivity index (χ1) is 13.6. The molecule has 0 aromatic heterocycles. The molecule has 0 radical (unpaired) electrons. The summed E-state index contributed by atoms with van der Waals surface area (Å²) in [6, 6.07) is 15.5. The first-order valence-corrected chi connectivity index (χ1v) is 9.77. The van der Waals surface area contributed by atoms with Crippen molar-refractivity contribution in [2.24, 2.45) is 0 Å². The Kier molecular flexibility index (Phi) is 6.58. The quantitative estimate of drug-likeness (QED) is 0.565. The van der Waals surface area contributed by atoms with E-state index in [2.05, 4.69) is 6.92 Å². The highest BCUT2D eigenvalue weighted by atomic mass is 16.5. The zero-order valence-corrected chi connectivity index (χ0v) is 16.1. The van der Waals surface area contributed by atoms with E-state index < -0.39 is 5.97 Å². The van der Waals surface area contributed by atoms with Crippen molar-refractivity contribution in [1.29, 1.82) is 0 Å². The van der Waals surface area contributed by atoms with E-state index in [1.807, 2.05) is 11.0 Å². The lowest BCUT2D eigenvalue weighted by Crippen LogP contribution is -2.45. The lowest BCUT2D eigenvalue weighted by Gasteiger charge is -2.35. The standard InChI is InChI=1S/C23H25NO4/c1-2-18-12-8-9-15-24(18)21(25)16-28-23(27)20-14-7-6-13-19(20)22(26)17-10-4-3-5-11-17/h3-7,10-11,13-14,18H,2,8-9,12,15-16H2,1H3. The fourth-order valence-corrected chi connectivity index (χ4v) is 3.65. The maximum absolute atomic E-state index is 12.8. The molecule has 1 aliphatic heterocycles. The molecule has 1 heterocycles. The van der Waals surface area contributed by atoms with Crippen LogP contribution in [0.25, 0.3) is 0 Å². The normalized spacial score (nSPS) is 16.5. The topological polar surface area (TPSA) is 63.7 Å². The molecule has 2 aromatic rings. The summed E-state index contributed by atoms with van der Waals surface area (Å²) in [4.78, 5) is 39.7. The number of hydrogen-bond acceptors (Lipinski definition) is 4. The molecule has 1 fully saturated rings. The summed E-state index contributed by atoms with van der Waals surface area (Å²) < 4.78 is 5.28. The van der Waals surface area contributed by atoms with Gasteiger partial charge in [0, 0.05) is 23.7 Å². The number of ether oxygens (including phenoxy) is 1. The highest BCUT2D eigenvalue weighted by Gasteiger charge is 2.26. The lowest BCUT2D eigenvalue weighted by atomic mass is 9.98. The van der Waals surface area contributed by atoms with E-state index in [0.717, 1.165) is 25.7 Å². The van der Waals surface area contributed by atoms with Crippen LogP contribution in [0, 0.1) is 0 Å². The van der Waals surface area contributed by atoms with Gasteiger partial charge in [-0.25, -0.2) is 4.79 Å². The van der Waals surface area contributed by atoms with E-state index >= 15 is 0 Å². The summed E-state index contributed by atoms with van der Waals surface area (Å²) in [7, 11) is 0. The first kappa shape index (κ1) is 19.8. The average Bonchev–Trinajstić information content (AvgIpc) is 2.77. The largest absolute Gasteiger partial charge is 0.452 e. The van der Waals surface area contributed by atoms with Crippen LogP contribution in [0.2, 0.25) is 0 Å². The van der Waals surface area contributed by atoms with Gasteiger partial charge in [-0.05, 0) is 31.7 Å². The van der Waals surface area contributed by atoms with E-state index in [9.17, 15) is 14.4 Å². The molecular formula is C23H25NO4. The molecular weight excluding hydrogens is 354 g/mol. The Morgan fingerprint density at radius 2 is 1.64 bits per heavy atom. The summed E-state index contributed by atoms with van der Waals surface area (Å²) in [5, 5.41) is 0. The number of carbonyl (C=O) groups excluding carboxylic acids is 3. The maximum atomic E-state index is 12.8. The van der Waals surface area contributed by atoms with Crippen molar-refractivity contribution in [2.75, 3.05) is 13.2 Å². The van der Waals surface area contributed by atoms with Crippen molar-refractivity contribution >= 4 is 17.7 Å². The molecule has 0 aliphatic carbocycles. The summed E-state index contributed by atoms with van der Waals surface area (Å²) in [5.74, 6) is -1.08. The second-order valence-corrected chi connectivity index (χ2v) is 6.96. The minimum absolute atomic E-state index is 0.174. The molecule has 0 N–H and O–H groups in total. The minimum Gasteiger partial charge on any atom is -0.452 e. The minimum atomic E-state index is -0.654. The molecule has 0 spiro atoms. The number of likely N-dealkylation sites (tertiary alicyclic amines) is 1. The van der Waals surface area contributed by atoms with Crippen LogP contribution in [-0.2, 0) is 9.53 Å². The van der Waals surface area contributed by atoms with Crippen LogP contribution in [0.3, 0.4) is 0 Å². The molecule has 5 nitrogen and oxygen atoms in total. The Morgan fingerprint density at radius 3 is 2.36 bits per heavy atom. The van der Waals surface area contributed by atoms with Gasteiger partial charge in [-0.15, -0.1) is 0 Å². The Hall–Kier alpha value is -2.95. The third-order valence-electron chi connectivity index (χ3n) is 5.17. The number of ketones is 1. The predicted molar refractivity (Wildman–Crippen MR) is 106 cm³/mol. The second-order valence-electron chi connectivity index (χ2n) is 6.96. The highest BCUT2D eigenvalue weighted by Crippen LogP contribution is 2.20. The molecule has 5 heteroatoms. The molecule has 1 amide bonds. The summed E-state index contributed by atoms with van der Waals surface area (Å²) in [5.41, 5.74) is 0.948. The number of benzene rings is 2. The summed E-state index contributed by atoms with van der Waals surface area (Å²) in [6.07, 6.45) is 3.99. The molecule has 28 heavy (non-hydrogen) atoms. The van der Waals surface area contributed by atoms with Gasteiger partial charge in [0.05, 0.1) is 5.56 Å². The predicted octanol–water partition coefficient (Wildman–Crippen LogP) is 3.87. The molecule has 1 unspecified atom stereocenters. The average molecular weight is 379 g/mol. The maximum Gasteiger partial charge on any atom is 0.339 e.